The van der Waals surface area contributed by atoms with Gasteiger partial charge in [0.15, 0.2) is 5.76 Å². The average molecular weight is 411 g/mol. The summed E-state index contributed by atoms with van der Waals surface area (Å²) in [6, 6.07) is 12.5. The maximum Gasteiger partial charge on any atom is 0.316 e. The highest BCUT2D eigenvalue weighted by molar-refractivity contribution is 7.18. The molecule has 0 unspecified atom stereocenters. The Balaban J connectivity index is 1.60. The van der Waals surface area contributed by atoms with Crippen LogP contribution < -0.4 is 21.7 Å². The highest BCUT2D eigenvalue weighted by Crippen LogP contribution is 2.36. The number of aromatic nitrogens is 1. The molecule has 5 N–H and O–H groups in total. The van der Waals surface area contributed by atoms with E-state index in [-0.39, 0.29) is 11.9 Å². The molecular formula is C20H21N5O3S. The van der Waals surface area contributed by atoms with E-state index < -0.39 is 6.03 Å². The molecular weight excluding hydrogens is 390 g/mol. The fraction of sp³-hybridized carbons (Fsp3) is 0.250. The van der Waals surface area contributed by atoms with Crippen LogP contribution in [0.5, 0.6) is 0 Å². The van der Waals surface area contributed by atoms with Crippen LogP contribution in [0.4, 0.5) is 10.5 Å². The Labute approximate surface area is 171 Å². The second-order valence-corrected chi connectivity index (χ2v) is 7.85. The first-order valence-electron chi connectivity index (χ1n) is 9.34. The maximum atomic E-state index is 12.8. The van der Waals surface area contributed by atoms with E-state index in [1.54, 1.807) is 6.07 Å². The summed E-state index contributed by atoms with van der Waals surface area (Å²) in [6.45, 7) is 1.68. The topological polar surface area (TPSA) is 122 Å². The summed E-state index contributed by atoms with van der Waals surface area (Å²) >= 11 is 1.22. The van der Waals surface area contributed by atoms with E-state index in [4.69, 9.17) is 10.3 Å². The number of hydrogen-bond acceptors (Lipinski definition) is 6. The lowest BCUT2D eigenvalue weighted by Crippen LogP contribution is -2.45. The Hall–Kier alpha value is -3.17. The van der Waals surface area contributed by atoms with Gasteiger partial charge in [0.1, 0.15) is 10.6 Å². The van der Waals surface area contributed by atoms with E-state index in [0.29, 0.717) is 26.9 Å². The molecule has 9 heteroatoms. The van der Waals surface area contributed by atoms with Gasteiger partial charge >= 0.3 is 6.03 Å². The van der Waals surface area contributed by atoms with Crippen LogP contribution in [0.3, 0.4) is 0 Å². The molecule has 4 rings (SSSR count). The van der Waals surface area contributed by atoms with Crippen molar-refractivity contribution in [3.63, 3.8) is 0 Å². The molecule has 0 spiro atoms. The summed E-state index contributed by atoms with van der Waals surface area (Å²) in [5.41, 5.74) is 7.26. The van der Waals surface area contributed by atoms with Gasteiger partial charge in [-0.05, 0) is 25.5 Å². The Morgan fingerprint density at radius 2 is 2.07 bits per heavy atom. The van der Waals surface area contributed by atoms with E-state index in [1.165, 1.54) is 11.3 Å². The highest BCUT2D eigenvalue weighted by atomic mass is 32.1. The van der Waals surface area contributed by atoms with E-state index in [9.17, 15) is 9.59 Å². The molecule has 0 radical (unpaired) electrons. The molecule has 3 heterocycles. The zero-order valence-electron chi connectivity index (χ0n) is 15.6. The number of primary amides is 1. The molecule has 1 aliphatic heterocycles. The Morgan fingerprint density at radius 1 is 1.24 bits per heavy atom. The number of nitrogens with one attached hydrogen (secondary N) is 3. The zero-order chi connectivity index (χ0) is 20.2. The van der Waals surface area contributed by atoms with Crippen LogP contribution in [0.1, 0.15) is 22.5 Å². The predicted octanol–water partition coefficient (Wildman–Crippen LogP) is 3.04. The zero-order valence-corrected chi connectivity index (χ0v) is 16.4. The minimum Gasteiger partial charge on any atom is -0.355 e. The molecule has 1 atom stereocenters. The van der Waals surface area contributed by atoms with E-state index in [2.05, 4.69) is 21.1 Å². The van der Waals surface area contributed by atoms with Crippen LogP contribution in [0.15, 0.2) is 47.0 Å². The minimum atomic E-state index is -0.731. The van der Waals surface area contributed by atoms with Gasteiger partial charge in [0.25, 0.3) is 5.91 Å². The van der Waals surface area contributed by atoms with Crippen LogP contribution in [0.25, 0.3) is 21.9 Å². The van der Waals surface area contributed by atoms with Gasteiger partial charge in [-0.3, -0.25) is 4.79 Å². The fourth-order valence-corrected chi connectivity index (χ4v) is 4.23. The van der Waals surface area contributed by atoms with E-state index in [0.717, 1.165) is 31.5 Å². The first-order valence-corrected chi connectivity index (χ1v) is 10.2. The lowest BCUT2D eigenvalue weighted by Gasteiger charge is -2.23. The molecule has 29 heavy (non-hydrogen) atoms. The minimum absolute atomic E-state index is 0.0539. The maximum absolute atomic E-state index is 12.8. The number of urea groups is 1. The number of thiophene rings is 1. The van der Waals surface area contributed by atoms with Gasteiger partial charge in [-0.25, -0.2) is 4.79 Å². The number of hydrogen-bond donors (Lipinski definition) is 4. The number of carbonyl (C=O) groups excluding carboxylic acids is 2. The second-order valence-electron chi connectivity index (χ2n) is 6.80. The van der Waals surface area contributed by atoms with Crippen molar-refractivity contribution >= 4 is 29.0 Å². The molecule has 1 aromatic carbocycles. The first kappa shape index (κ1) is 19.2. The molecule has 1 fully saturated rings. The molecule has 1 aliphatic rings. The summed E-state index contributed by atoms with van der Waals surface area (Å²) in [7, 11) is 0. The normalized spacial score (nSPS) is 16.3. The number of benzene rings is 1. The standard InChI is InChI=1S/C20H21N5O3S/c21-20(27)24-15-10-17(16-9-14(25-28-16)12-5-2-1-3-6-12)29-18(15)19(26)23-13-7-4-8-22-11-13/h1-3,5-6,9-10,13,22H,4,7-8,11H2,(H,23,26)(H3,21,24,27)/t13-/m0/s1. The number of nitrogens with two attached hydrogens (primary N) is 1. The summed E-state index contributed by atoms with van der Waals surface area (Å²) < 4.78 is 5.48. The lowest BCUT2D eigenvalue weighted by molar-refractivity contribution is 0.0935. The Bertz CT molecular complexity index is 1010. The second kappa shape index (κ2) is 8.46. The SMILES string of the molecule is NC(=O)Nc1cc(-c2cc(-c3ccccc3)no2)sc1C(=O)N[C@H]1CCCNC1. The number of carbonyl (C=O) groups is 2. The third kappa shape index (κ3) is 4.47. The molecule has 150 valence electrons. The first-order chi connectivity index (χ1) is 14.1. The average Bonchev–Trinajstić information content (AvgIpc) is 3.36. The van der Waals surface area contributed by atoms with Gasteiger partial charge in [-0.1, -0.05) is 35.5 Å². The van der Waals surface area contributed by atoms with Gasteiger partial charge in [-0.2, -0.15) is 0 Å². The summed E-state index contributed by atoms with van der Waals surface area (Å²) in [6.07, 6.45) is 1.92. The van der Waals surface area contributed by atoms with Gasteiger partial charge in [0, 0.05) is 24.2 Å². The van der Waals surface area contributed by atoms with Crippen molar-refractivity contribution in [1.29, 1.82) is 0 Å². The summed E-state index contributed by atoms with van der Waals surface area (Å²) in [4.78, 5) is 25.3. The van der Waals surface area contributed by atoms with Crippen molar-refractivity contribution in [3.05, 3.63) is 47.3 Å². The predicted molar refractivity (Wildman–Crippen MR) is 112 cm³/mol. The van der Waals surface area contributed by atoms with Crippen LogP contribution in [0.2, 0.25) is 0 Å². The van der Waals surface area contributed by atoms with Crippen molar-refractivity contribution < 1.29 is 14.1 Å². The van der Waals surface area contributed by atoms with Gasteiger partial charge < -0.3 is 26.2 Å². The highest BCUT2D eigenvalue weighted by Gasteiger charge is 2.23. The third-order valence-electron chi connectivity index (χ3n) is 4.65. The molecule has 3 aromatic rings. The molecule has 8 nitrogen and oxygen atoms in total. The number of piperidine rings is 1. The molecule has 0 bridgehead atoms. The van der Waals surface area contributed by atoms with Crippen molar-refractivity contribution in [2.45, 2.75) is 18.9 Å². The largest absolute Gasteiger partial charge is 0.355 e. The smallest absolute Gasteiger partial charge is 0.316 e. The van der Waals surface area contributed by atoms with Gasteiger partial charge in [0.2, 0.25) is 0 Å². The molecule has 3 amide bonds. The quantitative estimate of drug-likeness (QED) is 0.514. The fourth-order valence-electron chi connectivity index (χ4n) is 3.27. The van der Waals surface area contributed by atoms with Crippen LogP contribution in [0, 0.1) is 0 Å². The number of anilines is 1. The third-order valence-corrected chi connectivity index (χ3v) is 5.80. The van der Waals surface area contributed by atoms with Crippen molar-refractivity contribution in [2.24, 2.45) is 5.73 Å². The molecule has 1 saturated heterocycles. The van der Waals surface area contributed by atoms with Crippen LogP contribution in [-0.2, 0) is 0 Å². The Morgan fingerprint density at radius 3 is 2.79 bits per heavy atom. The summed E-state index contributed by atoms with van der Waals surface area (Å²) in [5, 5.41) is 12.9. The van der Waals surface area contributed by atoms with Gasteiger partial charge in [-0.15, -0.1) is 11.3 Å². The van der Waals surface area contributed by atoms with Crippen molar-refractivity contribution in [1.82, 2.24) is 15.8 Å². The van der Waals surface area contributed by atoms with E-state index >= 15 is 0 Å². The van der Waals surface area contributed by atoms with Crippen molar-refractivity contribution in [3.8, 4) is 21.9 Å². The van der Waals surface area contributed by atoms with Crippen molar-refractivity contribution in [2.75, 3.05) is 18.4 Å². The van der Waals surface area contributed by atoms with Crippen LogP contribution >= 0.6 is 11.3 Å². The summed E-state index contributed by atoms with van der Waals surface area (Å²) in [5.74, 6) is 0.265. The lowest BCUT2D eigenvalue weighted by atomic mass is 10.1. The van der Waals surface area contributed by atoms with E-state index in [1.807, 2.05) is 36.4 Å². The number of nitrogens with zero attached hydrogens (tertiary/aromatic N) is 1. The number of rotatable bonds is 5. The Kier molecular flexibility index (Phi) is 5.59. The molecule has 0 aliphatic carbocycles. The monoisotopic (exact) mass is 411 g/mol. The molecule has 2 aromatic heterocycles. The van der Waals surface area contributed by atoms with Crippen LogP contribution in [-0.4, -0.2) is 36.2 Å². The van der Waals surface area contributed by atoms with Gasteiger partial charge in [0.05, 0.1) is 10.6 Å². The molecule has 0 saturated carbocycles. The number of amides is 3.